The molecule has 2 N–H and O–H groups in total. The number of aromatic hydroxyl groups is 1. The molecule has 0 amide bonds. The van der Waals surface area contributed by atoms with Gasteiger partial charge in [0.15, 0.2) is 17.3 Å². The van der Waals surface area contributed by atoms with Crippen molar-refractivity contribution >= 4 is 15.9 Å². The van der Waals surface area contributed by atoms with E-state index in [9.17, 15) is 22.9 Å². The summed E-state index contributed by atoms with van der Waals surface area (Å²) in [5.41, 5.74) is 0.901. The van der Waals surface area contributed by atoms with Crippen molar-refractivity contribution in [2.45, 2.75) is 42.1 Å². The molecular weight excluding hydrogens is 386 g/mol. The van der Waals surface area contributed by atoms with Gasteiger partial charge in [-0.05, 0) is 44.0 Å². The van der Waals surface area contributed by atoms with Gasteiger partial charge in [0.25, 0.3) is 4.93 Å². The molecule has 0 aromatic heterocycles. The number of ether oxygens (including phenoxy) is 2. The maximum Gasteiger partial charge on any atom is 0.302 e. The summed E-state index contributed by atoms with van der Waals surface area (Å²) in [6.07, 6.45) is 0.931. The molecule has 1 aromatic rings. The van der Waals surface area contributed by atoms with Gasteiger partial charge in [-0.3, -0.25) is 9.35 Å². The van der Waals surface area contributed by atoms with Crippen LogP contribution < -0.4 is 4.74 Å². The van der Waals surface area contributed by atoms with Crippen LogP contribution in [0.25, 0.3) is 0 Å². The lowest BCUT2D eigenvalue weighted by Crippen LogP contribution is -2.67. The molecule has 2 aliphatic carbocycles. The fourth-order valence-electron chi connectivity index (χ4n) is 5.76. The number of rotatable bonds is 3. The Morgan fingerprint density at radius 3 is 2.61 bits per heavy atom. The van der Waals surface area contributed by atoms with Crippen LogP contribution in [0, 0.1) is 5.92 Å². The number of benzene rings is 1. The molecule has 8 nitrogen and oxygen atoms in total. The molecule has 9 heteroatoms. The maximum absolute atomic E-state index is 13.1. The van der Waals surface area contributed by atoms with E-state index in [1.165, 1.54) is 7.11 Å². The van der Waals surface area contributed by atoms with Crippen molar-refractivity contribution < 1.29 is 32.3 Å². The minimum absolute atomic E-state index is 0.0116. The number of Topliss-reactive ketones (excluding diaryl/α,β-unsaturated/α-hetero) is 1. The number of likely N-dealkylation sites (N-methyl/N-ethyl adjacent to an activating group) is 1. The highest BCUT2D eigenvalue weighted by Gasteiger charge is 2.66. The zero-order valence-corrected chi connectivity index (χ0v) is 17.0. The smallest absolute Gasteiger partial charge is 0.302 e. The summed E-state index contributed by atoms with van der Waals surface area (Å²) in [6, 6.07) is 3.59. The van der Waals surface area contributed by atoms with Gasteiger partial charge in [-0.2, -0.15) is 8.42 Å². The van der Waals surface area contributed by atoms with Gasteiger partial charge in [0.2, 0.25) is 0 Å². The number of likely N-dealkylation sites (tertiary alicyclic amines) is 1. The van der Waals surface area contributed by atoms with Crippen LogP contribution in [0.5, 0.6) is 11.5 Å². The molecule has 0 radical (unpaired) electrons. The highest BCUT2D eigenvalue weighted by molar-refractivity contribution is 7.88. The third kappa shape index (κ3) is 2.33. The summed E-state index contributed by atoms with van der Waals surface area (Å²) in [6.45, 7) is 0.719. The fraction of sp³-hybridized carbons (Fsp3) is 0.632. The van der Waals surface area contributed by atoms with Gasteiger partial charge in [-0.15, -0.1) is 0 Å². The number of hydrogen-bond acceptors (Lipinski definition) is 7. The van der Waals surface area contributed by atoms with Gasteiger partial charge >= 0.3 is 10.1 Å². The molecule has 1 aromatic carbocycles. The van der Waals surface area contributed by atoms with E-state index >= 15 is 0 Å². The first-order valence-electron chi connectivity index (χ1n) is 9.26. The van der Waals surface area contributed by atoms with Crippen LogP contribution in [0.15, 0.2) is 12.1 Å². The van der Waals surface area contributed by atoms with Crippen LogP contribution in [0.4, 0.5) is 0 Å². The summed E-state index contributed by atoms with van der Waals surface area (Å²) >= 11 is 0. The zero-order chi connectivity index (χ0) is 20.5. The molecule has 1 saturated carbocycles. The van der Waals surface area contributed by atoms with Crippen molar-refractivity contribution in [3.63, 3.8) is 0 Å². The quantitative estimate of drug-likeness (QED) is 0.711. The van der Waals surface area contributed by atoms with E-state index in [1.54, 1.807) is 6.07 Å². The molecule has 4 rings (SSSR count). The second kappa shape index (κ2) is 6.16. The Labute approximate surface area is 164 Å². The molecule has 154 valence electrons. The Kier molecular flexibility index (Phi) is 4.32. The first kappa shape index (κ1) is 19.6. The average Bonchev–Trinajstić information content (AvgIpc) is 2.63. The van der Waals surface area contributed by atoms with Crippen molar-refractivity contribution in [1.82, 2.24) is 4.90 Å². The van der Waals surface area contributed by atoms with Crippen molar-refractivity contribution in [2.75, 3.05) is 27.8 Å². The van der Waals surface area contributed by atoms with E-state index in [4.69, 9.17) is 9.47 Å². The number of methoxy groups -OCH3 is 2. The van der Waals surface area contributed by atoms with Gasteiger partial charge < -0.3 is 19.5 Å². The van der Waals surface area contributed by atoms with Crippen molar-refractivity contribution in [2.24, 2.45) is 5.92 Å². The number of ketones is 1. The minimum atomic E-state index is -4.77. The molecule has 1 saturated heterocycles. The largest absolute Gasteiger partial charge is 0.504 e. The molecule has 1 heterocycles. The number of hydrogen-bond donors (Lipinski definition) is 2. The second-order valence-electron chi connectivity index (χ2n) is 8.15. The fourth-order valence-corrected chi connectivity index (χ4v) is 6.72. The van der Waals surface area contributed by atoms with Crippen molar-refractivity contribution in [3.05, 3.63) is 23.3 Å². The number of carbonyl (C=O) groups is 1. The second-order valence-corrected chi connectivity index (χ2v) is 9.76. The highest BCUT2D eigenvalue weighted by atomic mass is 32.2. The molecular formula is C19H25NO7S. The third-order valence-electron chi connectivity index (χ3n) is 7.16. The number of nitrogens with zero attached hydrogens (tertiary/aromatic N) is 1. The van der Waals surface area contributed by atoms with E-state index in [0.717, 1.165) is 19.2 Å². The highest BCUT2D eigenvalue weighted by Crippen LogP contribution is 2.60. The molecule has 2 bridgehead atoms. The van der Waals surface area contributed by atoms with Crippen molar-refractivity contribution in [3.8, 4) is 11.5 Å². The third-order valence-corrected chi connectivity index (χ3v) is 8.56. The molecule has 28 heavy (non-hydrogen) atoms. The predicted octanol–water partition coefficient (Wildman–Crippen LogP) is 1.11. The van der Waals surface area contributed by atoms with E-state index in [1.807, 2.05) is 13.1 Å². The van der Waals surface area contributed by atoms with Crippen LogP contribution in [-0.4, -0.2) is 67.5 Å². The standard InChI is InChI=1S/C19H25NO7S/c1-20-7-6-18-10-15(21)19(27-3,28(23,24)25)9-12(18)13(20)8-11-4-5-14(26-2)17(22)16(11)18/h4-5,12-13,22H,6-10H2,1-3H3,(H,23,24,25)/t12-,13+,18+,19-/m1/s1. The summed E-state index contributed by atoms with van der Waals surface area (Å²) in [4.78, 5) is 13.0. The lowest BCUT2D eigenvalue weighted by atomic mass is 9.51. The molecule has 0 unspecified atom stereocenters. The number of piperidine rings is 1. The minimum Gasteiger partial charge on any atom is -0.504 e. The first-order chi connectivity index (χ1) is 13.1. The van der Waals surface area contributed by atoms with Gasteiger partial charge in [0, 0.05) is 37.0 Å². The zero-order valence-electron chi connectivity index (χ0n) is 16.1. The molecule has 4 atom stereocenters. The number of fused-ring (bicyclic) bond motifs is 1. The Hall–Kier alpha value is -1.68. The lowest BCUT2D eigenvalue weighted by molar-refractivity contribution is -0.147. The number of phenolic OH excluding ortho intramolecular Hbond substituents is 1. The first-order valence-corrected chi connectivity index (χ1v) is 10.7. The molecule has 3 aliphatic rings. The van der Waals surface area contributed by atoms with Crippen LogP contribution in [-0.2, 0) is 31.5 Å². The summed E-state index contributed by atoms with van der Waals surface area (Å²) in [7, 11) is -0.185. The van der Waals surface area contributed by atoms with Gasteiger partial charge in [-0.1, -0.05) is 6.07 Å². The normalized spacial score (nSPS) is 35.2. The monoisotopic (exact) mass is 411 g/mol. The summed E-state index contributed by atoms with van der Waals surface area (Å²) in [5, 5.41) is 10.9. The summed E-state index contributed by atoms with van der Waals surface area (Å²) in [5.74, 6) is -0.615. The Bertz CT molecular complexity index is 946. The van der Waals surface area contributed by atoms with E-state index in [-0.39, 0.29) is 30.6 Å². The summed E-state index contributed by atoms with van der Waals surface area (Å²) < 4.78 is 44.6. The average molecular weight is 411 g/mol. The molecule has 0 spiro atoms. The van der Waals surface area contributed by atoms with Gasteiger partial charge in [0.1, 0.15) is 0 Å². The lowest BCUT2D eigenvalue weighted by Gasteiger charge is -2.60. The number of carbonyl (C=O) groups excluding carboxylic acids is 1. The van der Waals surface area contributed by atoms with E-state index in [2.05, 4.69) is 4.90 Å². The SMILES string of the molecule is COc1ccc2c(c1O)[C@]13CCN(C)[C@@H](C2)[C@H]1C[C@@](OC)(S(=O)(=O)O)C(=O)C3. The van der Waals surface area contributed by atoms with Crippen LogP contribution >= 0.6 is 0 Å². The van der Waals surface area contributed by atoms with E-state index < -0.39 is 26.2 Å². The number of phenols is 1. The Morgan fingerprint density at radius 2 is 2.00 bits per heavy atom. The molecule has 1 aliphatic heterocycles. The van der Waals surface area contributed by atoms with Crippen LogP contribution in [0.2, 0.25) is 0 Å². The maximum atomic E-state index is 13.1. The Balaban J connectivity index is 1.95. The van der Waals surface area contributed by atoms with E-state index in [0.29, 0.717) is 24.2 Å². The molecule has 2 fully saturated rings. The predicted molar refractivity (Wildman–Crippen MR) is 100 cm³/mol. The van der Waals surface area contributed by atoms with Gasteiger partial charge in [-0.25, -0.2) is 0 Å². The van der Waals surface area contributed by atoms with Crippen molar-refractivity contribution in [1.29, 1.82) is 0 Å². The Morgan fingerprint density at radius 1 is 1.29 bits per heavy atom. The topological polar surface area (TPSA) is 113 Å². The van der Waals surface area contributed by atoms with Crippen LogP contribution in [0.1, 0.15) is 30.4 Å². The van der Waals surface area contributed by atoms with Crippen LogP contribution in [0.3, 0.4) is 0 Å². The van der Waals surface area contributed by atoms with Gasteiger partial charge in [0.05, 0.1) is 7.11 Å².